The van der Waals surface area contributed by atoms with Gasteiger partial charge in [0.05, 0.1) is 41.4 Å². The Morgan fingerprint density at radius 3 is 2.12 bits per heavy atom. The maximum atomic E-state index is 13.0. The topological polar surface area (TPSA) is 49.9 Å². The summed E-state index contributed by atoms with van der Waals surface area (Å²) in [5, 5.41) is 0.570. The molecule has 0 N–H and O–H groups in total. The van der Waals surface area contributed by atoms with E-state index in [1.165, 1.54) is 4.90 Å². The SMILES string of the molecule is O=C1[C@@H]2[C@H](C(=O)N1c1ccc(N3CCOCC3)c(Cl)c1)[C@@H]1C=C[C@H]2CC1. The zero-order valence-electron chi connectivity index (χ0n) is 14.4. The fourth-order valence-electron chi connectivity index (χ4n) is 5.02. The molecule has 4 atom stereocenters. The number of morpholine rings is 1. The first-order chi connectivity index (χ1) is 12.6. The number of nitrogens with zero attached hydrogens (tertiary/aromatic N) is 2. The van der Waals surface area contributed by atoms with Crippen LogP contribution in [0.1, 0.15) is 12.8 Å². The first kappa shape index (κ1) is 16.3. The van der Waals surface area contributed by atoms with E-state index in [9.17, 15) is 9.59 Å². The van der Waals surface area contributed by atoms with Crippen molar-refractivity contribution in [2.75, 3.05) is 36.1 Å². The fourth-order valence-corrected chi connectivity index (χ4v) is 5.32. The van der Waals surface area contributed by atoms with Crippen molar-refractivity contribution >= 4 is 34.8 Å². The molecular weight excluding hydrogens is 352 g/mol. The van der Waals surface area contributed by atoms with Crippen LogP contribution >= 0.6 is 11.6 Å². The van der Waals surface area contributed by atoms with E-state index >= 15 is 0 Å². The summed E-state index contributed by atoms with van der Waals surface area (Å²) in [4.78, 5) is 29.6. The molecule has 2 saturated heterocycles. The van der Waals surface area contributed by atoms with Crippen LogP contribution in [0.5, 0.6) is 0 Å². The standard InChI is InChI=1S/C20H21ClN2O3/c21-15-11-14(5-6-16(15)22-7-9-26-10-8-22)23-19(24)17-12-1-2-13(4-3-12)18(17)20(23)25/h1-2,5-6,11-13,17-18H,3-4,7-10H2/t12-,13+,17-,18+. The number of anilines is 2. The molecule has 3 fully saturated rings. The van der Waals surface area contributed by atoms with Crippen LogP contribution in [0.3, 0.4) is 0 Å². The number of imide groups is 1. The molecule has 1 aromatic carbocycles. The first-order valence-corrected chi connectivity index (χ1v) is 9.71. The molecule has 2 aliphatic heterocycles. The number of hydrogen-bond acceptors (Lipinski definition) is 4. The number of benzene rings is 1. The van der Waals surface area contributed by atoms with Crippen LogP contribution in [0.2, 0.25) is 5.02 Å². The molecule has 5 nitrogen and oxygen atoms in total. The molecule has 0 aromatic heterocycles. The van der Waals surface area contributed by atoms with E-state index in [1.807, 2.05) is 12.1 Å². The Hall–Kier alpha value is -1.85. The summed E-state index contributed by atoms with van der Waals surface area (Å²) >= 11 is 6.52. The van der Waals surface area contributed by atoms with Crippen molar-refractivity contribution in [1.29, 1.82) is 0 Å². The lowest BCUT2D eigenvalue weighted by atomic mass is 9.63. The van der Waals surface area contributed by atoms with E-state index in [4.69, 9.17) is 16.3 Å². The molecule has 1 saturated carbocycles. The summed E-state index contributed by atoms with van der Waals surface area (Å²) in [6.45, 7) is 2.94. The third kappa shape index (κ3) is 2.33. The van der Waals surface area contributed by atoms with Crippen molar-refractivity contribution in [2.45, 2.75) is 12.8 Å². The zero-order chi connectivity index (χ0) is 17.8. The Morgan fingerprint density at radius 2 is 1.58 bits per heavy atom. The van der Waals surface area contributed by atoms with E-state index < -0.39 is 0 Å². The third-order valence-corrected chi connectivity index (χ3v) is 6.60. The molecule has 6 rings (SSSR count). The van der Waals surface area contributed by atoms with Gasteiger partial charge in [-0.2, -0.15) is 0 Å². The van der Waals surface area contributed by atoms with E-state index in [0.717, 1.165) is 31.6 Å². The number of fused-ring (bicyclic) bond motifs is 1. The number of ether oxygens (including phenoxy) is 1. The monoisotopic (exact) mass is 372 g/mol. The molecule has 2 heterocycles. The van der Waals surface area contributed by atoms with Crippen molar-refractivity contribution < 1.29 is 14.3 Å². The molecule has 1 aromatic rings. The number of carbonyl (C=O) groups excluding carboxylic acids is 2. The van der Waals surface area contributed by atoms with E-state index in [0.29, 0.717) is 23.9 Å². The van der Waals surface area contributed by atoms with Gasteiger partial charge in [0.1, 0.15) is 0 Å². The molecular formula is C20H21ClN2O3. The maximum Gasteiger partial charge on any atom is 0.238 e. The summed E-state index contributed by atoms with van der Waals surface area (Å²) in [5.41, 5.74) is 1.52. The van der Waals surface area contributed by atoms with Crippen LogP contribution in [0.4, 0.5) is 11.4 Å². The summed E-state index contributed by atoms with van der Waals surface area (Å²) in [7, 11) is 0. The Labute approximate surface area is 157 Å². The van der Waals surface area contributed by atoms with Gasteiger partial charge in [-0.05, 0) is 42.9 Å². The molecule has 26 heavy (non-hydrogen) atoms. The Bertz CT molecular complexity index is 770. The second-order valence-electron chi connectivity index (χ2n) is 7.59. The van der Waals surface area contributed by atoms with Crippen molar-refractivity contribution in [1.82, 2.24) is 0 Å². The quantitative estimate of drug-likeness (QED) is 0.591. The number of rotatable bonds is 2. The zero-order valence-corrected chi connectivity index (χ0v) is 15.2. The first-order valence-electron chi connectivity index (χ1n) is 9.33. The summed E-state index contributed by atoms with van der Waals surface area (Å²) in [5.74, 6) is -0.0968. The molecule has 6 heteroatoms. The normalized spacial score (nSPS) is 33.1. The van der Waals surface area contributed by atoms with Crippen molar-refractivity contribution in [3.05, 3.63) is 35.4 Å². The minimum atomic E-state index is -0.191. The lowest BCUT2D eigenvalue weighted by molar-refractivity contribution is -0.124. The van der Waals surface area contributed by atoms with Crippen LogP contribution in [-0.4, -0.2) is 38.1 Å². The maximum absolute atomic E-state index is 13.0. The van der Waals surface area contributed by atoms with Crippen molar-refractivity contribution in [3.8, 4) is 0 Å². The van der Waals surface area contributed by atoms with Gasteiger partial charge in [0.25, 0.3) is 0 Å². The molecule has 0 radical (unpaired) electrons. The van der Waals surface area contributed by atoms with Crippen LogP contribution < -0.4 is 9.80 Å². The Morgan fingerprint density at radius 1 is 0.962 bits per heavy atom. The second kappa shape index (κ2) is 6.10. The predicted molar refractivity (Wildman–Crippen MR) is 99.3 cm³/mol. The van der Waals surface area contributed by atoms with Gasteiger partial charge in [0.2, 0.25) is 11.8 Å². The number of halogens is 1. The second-order valence-corrected chi connectivity index (χ2v) is 8.00. The van der Waals surface area contributed by atoms with Gasteiger partial charge in [-0.3, -0.25) is 9.59 Å². The highest BCUT2D eigenvalue weighted by molar-refractivity contribution is 6.34. The average molecular weight is 373 g/mol. The van der Waals surface area contributed by atoms with E-state index in [-0.39, 0.29) is 35.5 Å². The Kier molecular flexibility index (Phi) is 3.83. The van der Waals surface area contributed by atoms with Gasteiger partial charge in [-0.15, -0.1) is 0 Å². The minimum Gasteiger partial charge on any atom is -0.378 e. The summed E-state index contributed by atoms with van der Waals surface area (Å²) < 4.78 is 5.39. The largest absolute Gasteiger partial charge is 0.378 e. The summed E-state index contributed by atoms with van der Waals surface area (Å²) in [6, 6.07) is 5.52. The van der Waals surface area contributed by atoms with Crippen LogP contribution in [-0.2, 0) is 14.3 Å². The number of amides is 2. The highest BCUT2D eigenvalue weighted by Gasteiger charge is 2.56. The molecule has 2 bridgehead atoms. The van der Waals surface area contributed by atoms with Crippen molar-refractivity contribution in [3.63, 3.8) is 0 Å². The highest BCUT2D eigenvalue weighted by atomic mass is 35.5. The van der Waals surface area contributed by atoms with E-state index in [2.05, 4.69) is 17.1 Å². The van der Waals surface area contributed by atoms with Crippen molar-refractivity contribution in [2.24, 2.45) is 23.7 Å². The van der Waals surface area contributed by atoms with Gasteiger partial charge < -0.3 is 9.64 Å². The van der Waals surface area contributed by atoms with E-state index in [1.54, 1.807) is 6.07 Å². The van der Waals surface area contributed by atoms with Gasteiger partial charge in [-0.1, -0.05) is 23.8 Å². The highest BCUT2D eigenvalue weighted by Crippen LogP contribution is 2.50. The van der Waals surface area contributed by atoms with Crippen LogP contribution in [0, 0.1) is 23.7 Å². The molecule has 0 unspecified atom stereocenters. The van der Waals surface area contributed by atoms with Crippen LogP contribution in [0.15, 0.2) is 30.4 Å². The number of hydrogen-bond donors (Lipinski definition) is 0. The molecule has 2 amide bonds. The number of carbonyl (C=O) groups is 2. The molecule has 3 aliphatic carbocycles. The molecule has 136 valence electrons. The average Bonchev–Trinajstić information content (AvgIpc) is 2.96. The lowest BCUT2D eigenvalue weighted by Crippen LogP contribution is -2.38. The van der Waals surface area contributed by atoms with Crippen LogP contribution in [0.25, 0.3) is 0 Å². The lowest BCUT2D eigenvalue weighted by Gasteiger charge is -2.38. The number of allylic oxidation sites excluding steroid dienone is 2. The fraction of sp³-hybridized carbons (Fsp3) is 0.500. The molecule has 5 aliphatic rings. The van der Waals surface area contributed by atoms with Gasteiger partial charge >= 0.3 is 0 Å². The molecule has 0 spiro atoms. The predicted octanol–water partition coefficient (Wildman–Crippen LogP) is 2.88. The van der Waals surface area contributed by atoms with Gasteiger partial charge in [-0.25, -0.2) is 4.90 Å². The van der Waals surface area contributed by atoms with Gasteiger partial charge in [0.15, 0.2) is 0 Å². The van der Waals surface area contributed by atoms with Gasteiger partial charge in [0, 0.05) is 13.1 Å². The minimum absolute atomic E-state index is 0.0609. The smallest absolute Gasteiger partial charge is 0.238 e. The Balaban J connectivity index is 1.46. The summed E-state index contributed by atoms with van der Waals surface area (Å²) in [6.07, 6.45) is 6.29. The third-order valence-electron chi connectivity index (χ3n) is 6.30.